The molecule has 0 aromatic carbocycles. The molecule has 0 aromatic heterocycles. The van der Waals surface area contributed by atoms with Crippen LogP contribution in [0, 0.1) is 40.4 Å². The second kappa shape index (κ2) is 4.00. The van der Waals surface area contributed by atoms with Crippen LogP contribution in [0.3, 0.4) is 0 Å². The minimum absolute atomic E-state index is 0.0278. The first-order valence-electron chi connectivity index (χ1n) is 9.46. The smallest absolute Gasteiger partial charge is 0.0908 e. The molecule has 0 aromatic rings. The molecule has 5 aliphatic carbocycles. The summed E-state index contributed by atoms with van der Waals surface area (Å²) in [6.45, 7) is 4.86. The Kier molecular flexibility index (Phi) is 2.56. The van der Waals surface area contributed by atoms with Gasteiger partial charge in [-0.15, -0.1) is 0 Å². The molecule has 5 aliphatic rings. The van der Waals surface area contributed by atoms with Gasteiger partial charge in [-0.3, -0.25) is 0 Å². The van der Waals surface area contributed by atoms with Crippen LogP contribution in [0.5, 0.6) is 0 Å². The van der Waals surface area contributed by atoms with Crippen LogP contribution < -0.4 is 0 Å². The van der Waals surface area contributed by atoms with E-state index in [9.17, 15) is 10.2 Å². The molecule has 122 valence electrons. The van der Waals surface area contributed by atoms with Crippen molar-refractivity contribution in [3.8, 4) is 0 Å². The Labute approximate surface area is 134 Å². The van der Waals surface area contributed by atoms with E-state index in [1.807, 2.05) is 0 Å². The maximum absolute atomic E-state index is 11.3. The third-order valence-corrected chi connectivity index (χ3v) is 8.82. The van der Waals surface area contributed by atoms with E-state index in [0.29, 0.717) is 23.7 Å². The molecule has 0 spiro atoms. The van der Waals surface area contributed by atoms with Crippen molar-refractivity contribution in [2.24, 2.45) is 40.4 Å². The Morgan fingerprint density at radius 2 is 1.91 bits per heavy atom. The van der Waals surface area contributed by atoms with Crippen molar-refractivity contribution < 1.29 is 10.2 Å². The molecule has 5 rings (SSSR count). The quantitative estimate of drug-likeness (QED) is 0.672. The largest absolute Gasteiger partial charge is 0.393 e. The van der Waals surface area contributed by atoms with Crippen LogP contribution in [0.25, 0.3) is 0 Å². The average molecular weight is 302 g/mol. The highest BCUT2D eigenvalue weighted by Gasteiger charge is 2.67. The number of hydrogen-bond donors (Lipinski definition) is 2. The lowest BCUT2D eigenvalue weighted by Crippen LogP contribution is -2.60. The molecule has 0 unspecified atom stereocenters. The van der Waals surface area contributed by atoms with E-state index in [4.69, 9.17) is 0 Å². The fourth-order valence-electron chi connectivity index (χ4n) is 7.55. The lowest BCUT2D eigenvalue weighted by atomic mass is 9.45. The summed E-state index contributed by atoms with van der Waals surface area (Å²) in [5.41, 5.74) is -0.236. The Morgan fingerprint density at radius 1 is 1.09 bits per heavy atom. The Morgan fingerprint density at radius 3 is 2.73 bits per heavy atom. The van der Waals surface area contributed by atoms with Gasteiger partial charge in [0.05, 0.1) is 11.7 Å². The van der Waals surface area contributed by atoms with Crippen LogP contribution in [0.4, 0.5) is 0 Å². The van der Waals surface area contributed by atoms with Crippen molar-refractivity contribution in [3.63, 3.8) is 0 Å². The van der Waals surface area contributed by atoms with Crippen LogP contribution >= 0.6 is 0 Å². The summed E-state index contributed by atoms with van der Waals surface area (Å²) >= 11 is 0. The van der Waals surface area contributed by atoms with Gasteiger partial charge in [0.1, 0.15) is 0 Å². The second-order valence-electron chi connectivity index (χ2n) is 9.86. The van der Waals surface area contributed by atoms with Gasteiger partial charge in [0.2, 0.25) is 0 Å². The van der Waals surface area contributed by atoms with E-state index in [0.717, 1.165) is 30.6 Å². The molecule has 0 amide bonds. The predicted molar refractivity (Wildman–Crippen MR) is 86.1 cm³/mol. The molecular formula is C20H30O2. The van der Waals surface area contributed by atoms with Crippen LogP contribution in [-0.2, 0) is 0 Å². The molecule has 9 atom stereocenters. The monoisotopic (exact) mass is 302 g/mol. The number of allylic oxidation sites excluding steroid dienone is 1. The van der Waals surface area contributed by atoms with Gasteiger partial charge in [-0.05, 0) is 73.5 Å². The molecule has 0 heterocycles. The van der Waals surface area contributed by atoms with Gasteiger partial charge in [-0.1, -0.05) is 26.0 Å². The summed E-state index contributed by atoms with van der Waals surface area (Å²) in [5, 5.41) is 21.4. The highest BCUT2D eigenvalue weighted by Crippen LogP contribution is 2.73. The molecule has 0 saturated heterocycles. The Hall–Kier alpha value is -0.340. The van der Waals surface area contributed by atoms with Crippen LogP contribution in [0.1, 0.15) is 58.8 Å². The lowest BCUT2D eigenvalue weighted by molar-refractivity contribution is -0.166. The fourth-order valence-corrected chi connectivity index (χ4v) is 7.55. The fraction of sp³-hybridized carbons (Fsp3) is 0.900. The maximum atomic E-state index is 11.3. The molecule has 0 aliphatic heterocycles. The highest BCUT2D eigenvalue weighted by molar-refractivity contribution is 5.26. The zero-order chi connectivity index (χ0) is 15.3. The van der Waals surface area contributed by atoms with Crippen molar-refractivity contribution in [3.05, 3.63) is 12.2 Å². The third-order valence-electron chi connectivity index (χ3n) is 8.82. The summed E-state index contributed by atoms with van der Waals surface area (Å²) in [6, 6.07) is 0. The summed E-state index contributed by atoms with van der Waals surface area (Å²) in [4.78, 5) is 0. The topological polar surface area (TPSA) is 40.5 Å². The third kappa shape index (κ3) is 1.54. The minimum atomic E-state index is -0.777. The van der Waals surface area contributed by atoms with Crippen molar-refractivity contribution in [2.75, 3.05) is 0 Å². The molecular weight excluding hydrogens is 272 g/mol. The highest BCUT2D eigenvalue weighted by atomic mass is 16.3. The summed E-state index contributed by atoms with van der Waals surface area (Å²) in [6.07, 6.45) is 12.1. The molecule has 4 saturated carbocycles. The van der Waals surface area contributed by atoms with Crippen LogP contribution in [0.2, 0.25) is 0 Å². The van der Waals surface area contributed by atoms with E-state index in [1.165, 1.54) is 25.7 Å². The van der Waals surface area contributed by atoms with Gasteiger partial charge in [0.15, 0.2) is 0 Å². The van der Waals surface area contributed by atoms with E-state index < -0.39 is 5.60 Å². The molecule has 2 heteroatoms. The van der Waals surface area contributed by atoms with E-state index >= 15 is 0 Å². The van der Waals surface area contributed by atoms with Crippen molar-refractivity contribution >= 4 is 0 Å². The Bertz CT molecular complexity index is 542. The number of fused-ring (bicyclic) bond motifs is 7. The number of aliphatic hydroxyl groups excluding tert-OH is 1. The second-order valence-corrected chi connectivity index (χ2v) is 9.86. The van der Waals surface area contributed by atoms with Crippen LogP contribution in [0.15, 0.2) is 12.2 Å². The van der Waals surface area contributed by atoms with E-state index in [2.05, 4.69) is 26.0 Å². The van der Waals surface area contributed by atoms with Gasteiger partial charge in [-0.2, -0.15) is 0 Å². The van der Waals surface area contributed by atoms with E-state index in [1.54, 1.807) is 0 Å². The van der Waals surface area contributed by atoms with Gasteiger partial charge in [0, 0.05) is 11.8 Å². The summed E-state index contributed by atoms with van der Waals surface area (Å²) < 4.78 is 0. The van der Waals surface area contributed by atoms with Crippen molar-refractivity contribution in [2.45, 2.75) is 70.5 Å². The SMILES string of the molecule is C[C@]12CC[C@H]3[C@@H](C=C[C@]4(O)C[C@@H](O)CC[C@]34C)[C@@H]1[C@@H]1C[C@@H]1C2. The number of aliphatic hydroxyl groups is 2. The van der Waals surface area contributed by atoms with Gasteiger partial charge in [-0.25, -0.2) is 0 Å². The molecule has 0 bridgehead atoms. The van der Waals surface area contributed by atoms with E-state index in [-0.39, 0.29) is 11.5 Å². The Balaban J connectivity index is 1.56. The number of rotatable bonds is 0. The summed E-state index contributed by atoms with van der Waals surface area (Å²) in [5.74, 6) is 4.15. The average Bonchev–Trinajstić information content (AvgIpc) is 3.11. The molecule has 0 radical (unpaired) electrons. The summed E-state index contributed by atoms with van der Waals surface area (Å²) in [7, 11) is 0. The van der Waals surface area contributed by atoms with Crippen molar-refractivity contribution in [1.82, 2.24) is 0 Å². The standard InChI is InChI=1S/C20H30O2/c1-18-6-5-16-14(17(18)15-9-12(15)10-18)4-8-20(22)11-13(21)3-7-19(16,20)2/h4,8,12-17,21-22H,3,5-7,9-11H2,1-2H3/t12-,13+,14-,15-,16+,17-,18-,19-,20+/m1/s1. The molecule has 22 heavy (non-hydrogen) atoms. The minimum Gasteiger partial charge on any atom is -0.393 e. The zero-order valence-electron chi connectivity index (χ0n) is 14.0. The first-order valence-corrected chi connectivity index (χ1v) is 9.46. The van der Waals surface area contributed by atoms with Gasteiger partial charge >= 0.3 is 0 Å². The first-order chi connectivity index (χ1) is 10.4. The lowest BCUT2D eigenvalue weighted by Gasteiger charge is -2.61. The molecule has 2 N–H and O–H groups in total. The maximum Gasteiger partial charge on any atom is 0.0908 e. The van der Waals surface area contributed by atoms with Crippen molar-refractivity contribution in [1.29, 1.82) is 0 Å². The predicted octanol–water partition coefficient (Wildman–Crippen LogP) is 3.53. The normalized spacial score (nSPS) is 65.3. The van der Waals surface area contributed by atoms with Gasteiger partial charge < -0.3 is 10.2 Å². The number of hydrogen-bond acceptors (Lipinski definition) is 2. The molecule has 2 nitrogen and oxygen atoms in total. The molecule has 4 fully saturated rings. The van der Waals surface area contributed by atoms with Gasteiger partial charge in [0.25, 0.3) is 0 Å². The van der Waals surface area contributed by atoms with Crippen LogP contribution in [-0.4, -0.2) is 21.9 Å². The first kappa shape index (κ1) is 14.0. The zero-order valence-corrected chi connectivity index (χ0v) is 14.0.